The van der Waals surface area contributed by atoms with Gasteiger partial charge in [0.05, 0.1) is 4.34 Å². The van der Waals surface area contributed by atoms with Gasteiger partial charge >= 0.3 is 0 Å². The summed E-state index contributed by atoms with van der Waals surface area (Å²) in [5, 5.41) is 15.1. The second kappa shape index (κ2) is 6.74. The summed E-state index contributed by atoms with van der Waals surface area (Å²) in [5.74, 6) is 0.116. The Bertz CT molecular complexity index is 612. The molecule has 4 N–H and O–H groups in total. The number of nitrogens with zero attached hydrogens (tertiary/aromatic N) is 1. The smallest absolute Gasteiger partial charge is 0.170 e. The molecule has 1 unspecified atom stereocenters. The highest BCUT2D eigenvalue weighted by atomic mass is 35.5. The number of rotatable bonds is 5. The normalized spacial score (nSPS) is 13.4. The molecule has 0 saturated carbocycles. The fraction of sp³-hybridized carbons (Fsp3) is 0.214. The van der Waals surface area contributed by atoms with Crippen molar-refractivity contribution in [1.29, 1.82) is 0 Å². The predicted octanol–water partition coefficient (Wildman–Crippen LogP) is 3.35. The number of oxime groups is 1. The van der Waals surface area contributed by atoms with E-state index in [4.69, 9.17) is 22.5 Å². The van der Waals surface area contributed by atoms with Gasteiger partial charge in [0.2, 0.25) is 0 Å². The van der Waals surface area contributed by atoms with Gasteiger partial charge in [0.25, 0.3) is 0 Å². The molecule has 4 nitrogen and oxygen atoms in total. The van der Waals surface area contributed by atoms with E-state index in [0.29, 0.717) is 12.1 Å². The van der Waals surface area contributed by atoms with Gasteiger partial charge in [0.15, 0.2) is 5.84 Å². The topological polar surface area (TPSA) is 70.6 Å². The summed E-state index contributed by atoms with van der Waals surface area (Å²) in [6, 6.07) is 11.7. The van der Waals surface area contributed by atoms with Gasteiger partial charge in [-0.1, -0.05) is 35.0 Å². The molecule has 6 heteroatoms. The minimum absolute atomic E-state index is 0.116. The summed E-state index contributed by atoms with van der Waals surface area (Å²) >= 11 is 7.51. The van der Waals surface area contributed by atoms with Gasteiger partial charge in [0.1, 0.15) is 0 Å². The SMILES string of the molecule is CC(NCc1cccc(C(N)=NO)c1)c1ccc(Cl)s1. The Balaban J connectivity index is 2.00. The molecule has 0 aliphatic rings. The third-order valence-corrected chi connectivity index (χ3v) is 4.38. The van der Waals surface area contributed by atoms with Crippen LogP contribution < -0.4 is 11.1 Å². The van der Waals surface area contributed by atoms with Crippen LogP contribution in [0.1, 0.15) is 29.0 Å². The molecule has 106 valence electrons. The zero-order chi connectivity index (χ0) is 14.5. The quantitative estimate of drug-likeness (QED) is 0.343. The number of hydrogen-bond donors (Lipinski definition) is 3. The first-order valence-corrected chi connectivity index (χ1v) is 7.35. The number of nitrogens with one attached hydrogen (secondary N) is 1. The summed E-state index contributed by atoms with van der Waals surface area (Å²) in [6.07, 6.45) is 0. The van der Waals surface area contributed by atoms with Gasteiger partial charge in [0, 0.05) is 23.0 Å². The van der Waals surface area contributed by atoms with E-state index in [1.165, 1.54) is 4.88 Å². The molecule has 0 amide bonds. The van der Waals surface area contributed by atoms with Crippen molar-refractivity contribution in [2.45, 2.75) is 19.5 Å². The van der Waals surface area contributed by atoms with Gasteiger partial charge in [-0.2, -0.15) is 0 Å². The number of amidine groups is 1. The molecular weight excluding hydrogens is 294 g/mol. The molecule has 1 aromatic heterocycles. The third kappa shape index (κ3) is 3.72. The summed E-state index contributed by atoms with van der Waals surface area (Å²) in [6.45, 7) is 2.79. The Morgan fingerprint density at radius 3 is 2.90 bits per heavy atom. The molecule has 20 heavy (non-hydrogen) atoms. The predicted molar refractivity (Wildman–Crippen MR) is 83.5 cm³/mol. The molecule has 0 spiro atoms. The van der Waals surface area contributed by atoms with E-state index in [0.717, 1.165) is 9.90 Å². The van der Waals surface area contributed by atoms with E-state index in [9.17, 15) is 0 Å². The van der Waals surface area contributed by atoms with Crippen molar-refractivity contribution in [3.05, 3.63) is 56.7 Å². The van der Waals surface area contributed by atoms with Crippen molar-refractivity contribution < 1.29 is 5.21 Å². The average molecular weight is 310 g/mol. The van der Waals surface area contributed by atoms with Gasteiger partial charge in [-0.05, 0) is 30.7 Å². The third-order valence-electron chi connectivity index (χ3n) is 2.96. The Morgan fingerprint density at radius 2 is 2.25 bits per heavy atom. The molecule has 0 fully saturated rings. The zero-order valence-electron chi connectivity index (χ0n) is 11.0. The van der Waals surface area contributed by atoms with E-state index in [1.54, 1.807) is 17.4 Å². The standard InChI is InChI=1S/C14H16ClN3OS/c1-9(12-5-6-13(15)20-12)17-8-10-3-2-4-11(7-10)14(16)18-19/h2-7,9,17,19H,8H2,1H3,(H2,16,18). The first-order chi connectivity index (χ1) is 9.60. The molecule has 0 bridgehead atoms. The molecule has 2 aromatic rings. The molecule has 1 heterocycles. The number of thiophene rings is 1. The van der Waals surface area contributed by atoms with Crippen molar-refractivity contribution in [2.75, 3.05) is 0 Å². The monoisotopic (exact) mass is 309 g/mol. The van der Waals surface area contributed by atoms with Crippen molar-refractivity contribution in [2.24, 2.45) is 10.9 Å². The lowest BCUT2D eigenvalue weighted by Gasteiger charge is -2.12. The molecule has 1 atom stereocenters. The second-order valence-electron chi connectivity index (χ2n) is 4.43. The second-order valence-corrected chi connectivity index (χ2v) is 6.18. The van der Waals surface area contributed by atoms with Crippen LogP contribution in [0.5, 0.6) is 0 Å². The lowest BCUT2D eigenvalue weighted by atomic mass is 10.1. The lowest BCUT2D eigenvalue weighted by Crippen LogP contribution is -2.18. The van der Waals surface area contributed by atoms with Gasteiger partial charge < -0.3 is 16.3 Å². The molecule has 0 radical (unpaired) electrons. The van der Waals surface area contributed by atoms with E-state index in [2.05, 4.69) is 17.4 Å². The van der Waals surface area contributed by atoms with Crippen LogP contribution in [0.25, 0.3) is 0 Å². The number of hydrogen-bond acceptors (Lipinski definition) is 4. The van der Waals surface area contributed by atoms with Crippen LogP contribution in [0.2, 0.25) is 4.34 Å². The Morgan fingerprint density at radius 1 is 1.45 bits per heavy atom. The van der Waals surface area contributed by atoms with Crippen molar-refractivity contribution in [3.63, 3.8) is 0 Å². The van der Waals surface area contributed by atoms with E-state index >= 15 is 0 Å². The number of benzene rings is 1. The van der Waals surface area contributed by atoms with Gasteiger partial charge in [-0.25, -0.2) is 0 Å². The maximum Gasteiger partial charge on any atom is 0.170 e. The Hall–Kier alpha value is -1.56. The minimum Gasteiger partial charge on any atom is -0.409 e. The molecule has 2 rings (SSSR count). The van der Waals surface area contributed by atoms with Crippen molar-refractivity contribution in [1.82, 2.24) is 5.32 Å². The van der Waals surface area contributed by atoms with Crippen LogP contribution in [0.15, 0.2) is 41.6 Å². The van der Waals surface area contributed by atoms with E-state index < -0.39 is 0 Å². The van der Waals surface area contributed by atoms with Crippen LogP contribution >= 0.6 is 22.9 Å². The van der Waals surface area contributed by atoms with Gasteiger partial charge in [-0.15, -0.1) is 11.3 Å². The largest absolute Gasteiger partial charge is 0.409 e. The number of nitrogens with two attached hydrogens (primary N) is 1. The fourth-order valence-corrected chi connectivity index (χ4v) is 2.92. The highest BCUT2D eigenvalue weighted by molar-refractivity contribution is 7.16. The van der Waals surface area contributed by atoms with Crippen LogP contribution in [0.4, 0.5) is 0 Å². The first kappa shape index (κ1) is 14.8. The number of halogens is 1. The maximum absolute atomic E-state index is 8.68. The molecular formula is C14H16ClN3OS. The maximum atomic E-state index is 8.68. The molecule has 0 saturated heterocycles. The Labute approximate surface area is 126 Å². The Kier molecular flexibility index (Phi) is 5.00. The van der Waals surface area contributed by atoms with Crippen molar-refractivity contribution in [3.8, 4) is 0 Å². The summed E-state index contributed by atoms with van der Waals surface area (Å²) in [4.78, 5) is 1.20. The zero-order valence-corrected chi connectivity index (χ0v) is 12.6. The first-order valence-electron chi connectivity index (χ1n) is 6.15. The van der Waals surface area contributed by atoms with Crippen LogP contribution in [0, 0.1) is 0 Å². The van der Waals surface area contributed by atoms with Crippen LogP contribution in [0.3, 0.4) is 0 Å². The highest BCUT2D eigenvalue weighted by Gasteiger charge is 2.08. The average Bonchev–Trinajstić information content (AvgIpc) is 2.91. The molecule has 1 aromatic carbocycles. The van der Waals surface area contributed by atoms with E-state index in [-0.39, 0.29) is 11.9 Å². The fourth-order valence-electron chi connectivity index (χ4n) is 1.83. The minimum atomic E-state index is 0.116. The molecule has 0 aliphatic carbocycles. The summed E-state index contributed by atoms with van der Waals surface area (Å²) in [7, 11) is 0. The van der Waals surface area contributed by atoms with E-state index in [1.807, 2.05) is 30.3 Å². The summed E-state index contributed by atoms with van der Waals surface area (Å²) < 4.78 is 0.794. The summed E-state index contributed by atoms with van der Waals surface area (Å²) in [5.41, 5.74) is 7.36. The van der Waals surface area contributed by atoms with Crippen LogP contribution in [-0.2, 0) is 6.54 Å². The van der Waals surface area contributed by atoms with Crippen molar-refractivity contribution >= 4 is 28.8 Å². The van der Waals surface area contributed by atoms with Gasteiger partial charge in [-0.3, -0.25) is 0 Å². The van der Waals surface area contributed by atoms with Crippen LogP contribution in [-0.4, -0.2) is 11.0 Å². The highest BCUT2D eigenvalue weighted by Crippen LogP contribution is 2.26. The molecule has 0 aliphatic heterocycles. The lowest BCUT2D eigenvalue weighted by molar-refractivity contribution is 0.318.